The van der Waals surface area contributed by atoms with E-state index in [1.165, 1.54) is 6.08 Å². The first-order valence-corrected chi connectivity index (χ1v) is 8.64. The monoisotopic (exact) mass is 381 g/mol. The summed E-state index contributed by atoms with van der Waals surface area (Å²) in [5.41, 5.74) is 1.90. The molecule has 3 rings (SSSR count). The second-order valence-corrected chi connectivity index (χ2v) is 6.50. The molecule has 1 N–H and O–H groups in total. The highest BCUT2D eigenvalue weighted by atomic mass is 35.5. The molecule has 2 heterocycles. The maximum absolute atomic E-state index is 12.3. The third kappa shape index (κ3) is 4.30. The number of benzene rings is 1. The first-order chi connectivity index (χ1) is 12.0. The van der Waals surface area contributed by atoms with Crippen LogP contribution in [0.2, 0.25) is 0 Å². The molecule has 142 valence electrons. The minimum absolute atomic E-state index is 0. The summed E-state index contributed by atoms with van der Waals surface area (Å²) < 4.78 is 11.5. The number of carbonyl (C=O) groups is 2. The Morgan fingerprint density at radius 3 is 2.85 bits per heavy atom. The van der Waals surface area contributed by atoms with Gasteiger partial charge in [0.1, 0.15) is 17.6 Å². The summed E-state index contributed by atoms with van der Waals surface area (Å²) in [6, 6.07) is 3.88. The fourth-order valence-electron chi connectivity index (χ4n) is 3.29. The summed E-state index contributed by atoms with van der Waals surface area (Å²) >= 11 is 0. The van der Waals surface area contributed by atoms with E-state index in [1.807, 2.05) is 26.0 Å². The van der Waals surface area contributed by atoms with Crippen molar-refractivity contribution in [1.82, 2.24) is 4.90 Å². The van der Waals surface area contributed by atoms with Crippen molar-refractivity contribution in [2.24, 2.45) is 5.92 Å². The van der Waals surface area contributed by atoms with Gasteiger partial charge < -0.3 is 19.5 Å². The fraction of sp³-hybridized carbons (Fsp3) is 0.474. The van der Waals surface area contributed by atoms with Crippen molar-refractivity contribution in [1.29, 1.82) is 0 Å². The molecule has 2 aliphatic heterocycles. The van der Waals surface area contributed by atoms with Gasteiger partial charge in [0, 0.05) is 36.7 Å². The number of hydrogen-bond acceptors (Lipinski definition) is 4. The Kier molecular flexibility index (Phi) is 6.53. The van der Waals surface area contributed by atoms with Crippen LogP contribution in [-0.4, -0.2) is 47.7 Å². The fourth-order valence-corrected chi connectivity index (χ4v) is 3.29. The van der Waals surface area contributed by atoms with Gasteiger partial charge in [0.25, 0.3) is 0 Å². The van der Waals surface area contributed by atoms with Crippen molar-refractivity contribution in [2.45, 2.75) is 32.8 Å². The van der Waals surface area contributed by atoms with Gasteiger partial charge in [-0.05, 0) is 38.5 Å². The highest BCUT2D eigenvalue weighted by Gasteiger charge is 2.30. The lowest BCUT2D eigenvalue weighted by molar-refractivity contribution is -0.141. The molecule has 7 heteroatoms. The SMILES string of the molecule is CCOc1cc2c(cc1C=CC(=O)N1CCC(C(=O)O)C1)OC(C)C2.Cl. The minimum atomic E-state index is -0.845. The van der Waals surface area contributed by atoms with Gasteiger partial charge in [-0.3, -0.25) is 9.59 Å². The summed E-state index contributed by atoms with van der Waals surface area (Å²) in [5.74, 6) is 0.0676. The molecule has 1 aromatic rings. The molecule has 1 saturated heterocycles. The van der Waals surface area contributed by atoms with E-state index in [2.05, 4.69) is 0 Å². The largest absolute Gasteiger partial charge is 0.493 e. The third-order valence-electron chi connectivity index (χ3n) is 4.58. The van der Waals surface area contributed by atoms with Crippen molar-refractivity contribution in [3.63, 3.8) is 0 Å². The van der Waals surface area contributed by atoms with E-state index in [9.17, 15) is 9.59 Å². The van der Waals surface area contributed by atoms with Crippen LogP contribution in [0.1, 0.15) is 31.4 Å². The molecule has 0 saturated carbocycles. The zero-order valence-electron chi connectivity index (χ0n) is 14.9. The van der Waals surface area contributed by atoms with Crippen LogP contribution in [0.5, 0.6) is 11.5 Å². The highest BCUT2D eigenvalue weighted by molar-refractivity contribution is 5.93. The second kappa shape index (κ2) is 8.45. The number of hydrogen-bond donors (Lipinski definition) is 1. The van der Waals surface area contributed by atoms with Gasteiger partial charge in [0.15, 0.2) is 0 Å². The van der Waals surface area contributed by atoms with Crippen molar-refractivity contribution < 1.29 is 24.2 Å². The van der Waals surface area contributed by atoms with Crippen LogP contribution < -0.4 is 9.47 Å². The van der Waals surface area contributed by atoms with E-state index in [1.54, 1.807) is 11.0 Å². The van der Waals surface area contributed by atoms with E-state index >= 15 is 0 Å². The summed E-state index contributed by atoms with van der Waals surface area (Å²) in [5, 5.41) is 9.04. The quantitative estimate of drug-likeness (QED) is 0.794. The van der Waals surface area contributed by atoms with E-state index in [0.717, 1.165) is 29.0 Å². The van der Waals surface area contributed by atoms with Crippen LogP contribution >= 0.6 is 12.4 Å². The Morgan fingerprint density at radius 2 is 2.19 bits per heavy atom. The van der Waals surface area contributed by atoms with Gasteiger partial charge in [0.2, 0.25) is 5.91 Å². The molecule has 6 nitrogen and oxygen atoms in total. The van der Waals surface area contributed by atoms with Crippen LogP contribution in [0.25, 0.3) is 6.08 Å². The normalized spacial score (nSPS) is 21.2. The molecular formula is C19H24ClNO5. The number of rotatable bonds is 5. The van der Waals surface area contributed by atoms with E-state index in [0.29, 0.717) is 19.6 Å². The molecule has 0 bridgehead atoms. The lowest BCUT2D eigenvalue weighted by Gasteiger charge is -2.13. The highest BCUT2D eigenvalue weighted by Crippen LogP contribution is 2.35. The average molecular weight is 382 g/mol. The lowest BCUT2D eigenvalue weighted by atomic mass is 10.1. The maximum atomic E-state index is 12.3. The third-order valence-corrected chi connectivity index (χ3v) is 4.58. The minimum Gasteiger partial charge on any atom is -0.493 e. The molecule has 0 spiro atoms. The van der Waals surface area contributed by atoms with Crippen molar-refractivity contribution >= 4 is 30.4 Å². The standard InChI is InChI=1S/C19H23NO5.ClH/c1-3-24-16-10-15-8-12(2)25-17(15)9-13(16)4-5-18(21)20-7-6-14(11-20)19(22)23;/h4-5,9-10,12,14H,3,6-8,11H2,1-2H3,(H,22,23);1H. The zero-order valence-corrected chi connectivity index (χ0v) is 15.8. The Morgan fingerprint density at radius 1 is 1.42 bits per heavy atom. The van der Waals surface area contributed by atoms with E-state index in [-0.39, 0.29) is 31.0 Å². The molecular weight excluding hydrogens is 358 g/mol. The number of fused-ring (bicyclic) bond motifs is 1. The van der Waals surface area contributed by atoms with Gasteiger partial charge in [-0.15, -0.1) is 12.4 Å². The number of halogens is 1. The van der Waals surface area contributed by atoms with E-state index in [4.69, 9.17) is 14.6 Å². The number of amides is 1. The molecule has 1 fully saturated rings. The second-order valence-electron chi connectivity index (χ2n) is 6.50. The molecule has 0 radical (unpaired) electrons. The number of nitrogens with zero attached hydrogens (tertiary/aromatic N) is 1. The van der Waals surface area contributed by atoms with Crippen molar-refractivity contribution in [3.05, 3.63) is 29.3 Å². The van der Waals surface area contributed by atoms with Gasteiger partial charge in [-0.2, -0.15) is 0 Å². The number of ether oxygens (including phenoxy) is 2. The predicted molar refractivity (Wildman–Crippen MR) is 100 cm³/mol. The van der Waals surface area contributed by atoms with E-state index < -0.39 is 11.9 Å². The molecule has 0 aliphatic carbocycles. The summed E-state index contributed by atoms with van der Waals surface area (Å²) in [6.07, 6.45) is 4.69. The number of aliphatic carboxylic acids is 1. The van der Waals surface area contributed by atoms with Crippen LogP contribution in [0.3, 0.4) is 0 Å². The number of carbonyl (C=O) groups excluding carboxylic acids is 1. The van der Waals surface area contributed by atoms with Crippen LogP contribution in [0.4, 0.5) is 0 Å². The number of carboxylic acid groups (broad SMARTS) is 1. The van der Waals surface area contributed by atoms with Crippen LogP contribution in [0.15, 0.2) is 18.2 Å². The molecule has 0 aromatic heterocycles. The Bertz CT molecular complexity index is 718. The van der Waals surface area contributed by atoms with Crippen molar-refractivity contribution in [3.8, 4) is 11.5 Å². The predicted octanol–water partition coefficient (Wildman–Crippen LogP) is 2.78. The Hall–Kier alpha value is -2.21. The van der Waals surface area contributed by atoms with Gasteiger partial charge >= 0.3 is 5.97 Å². The van der Waals surface area contributed by atoms with Crippen LogP contribution in [0, 0.1) is 5.92 Å². The van der Waals surface area contributed by atoms with Gasteiger partial charge in [-0.1, -0.05) is 0 Å². The number of likely N-dealkylation sites (tertiary alicyclic amines) is 1. The van der Waals surface area contributed by atoms with Crippen molar-refractivity contribution in [2.75, 3.05) is 19.7 Å². The van der Waals surface area contributed by atoms with Gasteiger partial charge in [-0.25, -0.2) is 0 Å². The Labute approximate surface area is 159 Å². The lowest BCUT2D eigenvalue weighted by Crippen LogP contribution is -2.28. The molecule has 1 amide bonds. The summed E-state index contributed by atoms with van der Waals surface area (Å²) in [4.78, 5) is 24.9. The first-order valence-electron chi connectivity index (χ1n) is 8.64. The molecule has 2 unspecified atom stereocenters. The number of carboxylic acids is 1. The Balaban J connectivity index is 0.00000243. The zero-order chi connectivity index (χ0) is 18.0. The smallest absolute Gasteiger partial charge is 0.308 e. The maximum Gasteiger partial charge on any atom is 0.308 e. The average Bonchev–Trinajstić information content (AvgIpc) is 3.18. The molecule has 2 aliphatic rings. The van der Waals surface area contributed by atoms with Gasteiger partial charge in [0.05, 0.1) is 12.5 Å². The summed E-state index contributed by atoms with van der Waals surface area (Å²) in [7, 11) is 0. The molecule has 26 heavy (non-hydrogen) atoms. The topological polar surface area (TPSA) is 76.1 Å². The first kappa shape index (κ1) is 20.1. The molecule has 1 aromatic carbocycles. The van der Waals surface area contributed by atoms with Crippen LogP contribution in [-0.2, 0) is 16.0 Å². The molecule has 2 atom stereocenters. The summed E-state index contributed by atoms with van der Waals surface area (Å²) in [6.45, 7) is 5.22.